The minimum Gasteiger partial charge on any atom is -0.390 e. The molecule has 1 aromatic rings. The van der Waals surface area contributed by atoms with Crippen LogP contribution < -0.4 is 5.32 Å². The highest BCUT2D eigenvalue weighted by molar-refractivity contribution is 5.98. The van der Waals surface area contributed by atoms with Crippen LogP contribution in [0, 0.1) is 15.9 Å². The maximum atomic E-state index is 13.0. The Kier molecular flexibility index (Phi) is 4.55. The molecule has 19 heavy (non-hydrogen) atoms. The smallest absolute Gasteiger partial charge is 0.282 e. The van der Waals surface area contributed by atoms with Gasteiger partial charge in [0.1, 0.15) is 11.4 Å². The van der Waals surface area contributed by atoms with Crippen molar-refractivity contribution in [1.29, 1.82) is 0 Å². The molecule has 2 N–H and O–H groups in total. The van der Waals surface area contributed by atoms with Crippen LogP contribution in [0.2, 0.25) is 0 Å². The van der Waals surface area contributed by atoms with Crippen molar-refractivity contribution in [2.45, 2.75) is 25.9 Å². The highest BCUT2D eigenvalue weighted by Crippen LogP contribution is 2.19. The molecule has 0 bridgehead atoms. The topological polar surface area (TPSA) is 92.5 Å². The van der Waals surface area contributed by atoms with E-state index in [9.17, 15) is 24.4 Å². The Morgan fingerprint density at radius 3 is 2.68 bits per heavy atom. The first-order valence-electron chi connectivity index (χ1n) is 5.65. The summed E-state index contributed by atoms with van der Waals surface area (Å²) in [4.78, 5) is 21.7. The average Bonchev–Trinajstić information content (AvgIpc) is 2.26. The van der Waals surface area contributed by atoms with Crippen LogP contribution >= 0.6 is 0 Å². The van der Waals surface area contributed by atoms with Crippen LogP contribution in [0.1, 0.15) is 30.6 Å². The highest BCUT2D eigenvalue weighted by atomic mass is 19.1. The number of hydrogen-bond donors (Lipinski definition) is 2. The van der Waals surface area contributed by atoms with Gasteiger partial charge in [-0.2, -0.15) is 0 Å². The van der Waals surface area contributed by atoms with Crippen molar-refractivity contribution in [3.8, 4) is 0 Å². The lowest BCUT2D eigenvalue weighted by Crippen LogP contribution is -2.31. The largest absolute Gasteiger partial charge is 0.390 e. The van der Waals surface area contributed by atoms with Gasteiger partial charge < -0.3 is 10.4 Å². The molecular formula is C12H15FN2O4. The zero-order valence-corrected chi connectivity index (χ0v) is 10.6. The minimum absolute atomic E-state index is 0.135. The molecule has 0 aliphatic heterocycles. The van der Waals surface area contributed by atoms with E-state index in [1.165, 1.54) is 0 Å². The molecule has 0 aliphatic rings. The van der Waals surface area contributed by atoms with Crippen LogP contribution in [0.3, 0.4) is 0 Å². The lowest BCUT2D eigenvalue weighted by molar-refractivity contribution is -0.385. The van der Waals surface area contributed by atoms with E-state index >= 15 is 0 Å². The average molecular weight is 270 g/mol. The van der Waals surface area contributed by atoms with Crippen LogP contribution in [0.15, 0.2) is 18.2 Å². The Hall–Kier alpha value is -2.02. The number of benzene rings is 1. The maximum absolute atomic E-state index is 13.0. The summed E-state index contributed by atoms with van der Waals surface area (Å²) in [5.74, 6) is -1.46. The van der Waals surface area contributed by atoms with Gasteiger partial charge in [-0.05, 0) is 32.4 Å². The van der Waals surface area contributed by atoms with E-state index < -0.39 is 27.9 Å². The molecule has 0 unspecified atom stereocenters. The van der Waals surface area contributed by atoms with Crippen molar-refractivity contribution >= 4 is 11.6 Å². The summed E-state index contributed by atoms with van der Waals surface area (Å²) in [6.45, 7) is 3.28. The van der Waals surface area contributed by atoms with Crippen molar-refractivity contribution in [1.82, 2.24) is 5.32 Å². The third-order valence-electron chi connectivity index (χ3n) is 2.42. The Balaban J connectivity index is 2.81. The number of nitrogens with zero attached hydrogens (tertiary/aromatic N) is 1. The number of amides is 1. The standard InChI is InChI=1S/C12H15FN2O4/c1-12(2,17)5-6-14-11(16)9-7-8(13)3-4-10(9)15(18)19/h3-4,7,17H,5-6H2,1-2H3,(H,14,16). The van der Waals surface area contributed by atoms with Crippen molar-refractivity contribution in [3.63, 3.8) is 0 Å². The van der Waals surface area contributed by atoms with Crippen molar-refractivity contribution < 1.29 is 19.2 Å². The van der Waals surface area contributed by atoms with Crippen LogP contribution in [0.5, 0.6) is 0 Å². The first kappa shape index (κ1) is 15.0. The predicted molar refractivity (Wildman–Crippen MR) is 66.3 cm³/mol. The van der Waals surface area contributed by atoms with E-state index in [1.807, 2.05) is 0 Å². The second kappa shape index (κ2) is 5.75. The molecule has 0 saturated heterocycles. The number of aliphatic hydroxyl groups is 1. The summed E-state index contributed by atoms with van der Waals surface area (Å²) < 4.78 is 13.0. The molecule has 0 saturated carbocycles. The van der Waals surface area contributed by atoms with E-state index in [-0.39, 0.29) is 18.5 Å². The molecule has 0 aliphatic carbocycles. The number of carbonyl (C=O) groups excluding carboxylic acids is 1. The van der Waals surface area contributed by atoms with Gasteiger partial charge in [0, 0.05) is 12.6 Å². The summed E-state index contributed by atoms with van der Waals surface area (Å²) in [5.41, 5.74) is -1.75. The Bertz CT molecular complexity index is 497. The van der Waals surface area contributed by atoms with Crippen molar-refractivity contribution in [3.05, 3.63) is 39.7 Å². The SMILES string of the molecule is CC(C)(O)CCNC(=O)c1cc(F)ccc1[N+](=O)[O-]. The zero-order valence-electron chi connectivity index (χ0n) is 10.6. The number of halogens is 1. The second-order valence-electron chi connectivity index (χ2n) is 4.74. The summed E-state index contributed by atoms with van der Waals surface area (Å²) in [5, 5.41) is 22.6. The third kappa shape index (κ3) is 4.63. The lowest BCUT2D eigenvalue weighted by Gasteiger charge is -2.16. The summed E-state index contributed by atoms with van der Waals surface area (Å²) in [6.07, 6.45) is 0.280. The Labute approximate surface area is 109 Å². The molecule has 1 amide bonds. The predicted octanol–water partition coefficient (Wildman–Crippen LogP) is 1.62. The molecule has 0 radical (unpaired) electrons. The molecule has 1 rings (SSSR count). The fourth-order valence-electron chi connectivity index (χ4n) is 1.43. The van der Waals surface area contributed by atoms with E-state index in [1.54, 1.807) is 13.8 Å². The molecule has 0 spiro atoms. The number of nitro benzene ring substituents is 1. The van der Waals surface area contributed by atoms with E-state index in [4.69, 9.17) is 0 Å². The zero-order chi connectivity index (χ0) is 14.6. The molecule has 6 nitrogen and oxygen atoms in total. The summed E-state index contributed by atoms with van der Waals surface area (Å²) in [7, 11) is 0. The van der Waals surface area contributed by atoms with Crippen LogP contribution in [0.4, 0.5) is 10.1 Å². The second-order valence-corrected chi connectivity index (χ2v) is 4.74. The normalized spacial score (nSPS) is 11.2. The third-order valence-corrected chi connectivity index (χ3v) is 2.42. The molecule has 0 aromatic heterocycles. The van der Waals surface area contributed by atoms with Crippen molar-refractivity contribution in [2.24, 2.45) is 0 Å². The Morgan fingerprint density at radius 2 is 2.16 bits per heavy atom. The van der Waals surface area contributed by atoms with Gasteiger partial charge >= 0.3 is 0 Å². The molecular weight excluding hydrogens is 255 g/mol. The molecule has 104 valence electrons. The fourth-order valence-corrected chi connectivity index (χ4v) is 1.43. The van der Waals surface area contributed by atoms with Gasteiger partial charge in [-0.25, -0.2) is 4.39 Å². The maximum Gasteiger partial charge on any atom is 0.282 e. The highest BCUT2D eigenvalue weighted by Gasteiger charge is 2.21. The first-order chi connectivity index (χ1) is 8.70. The molecule has 1 aromatic carbocycles. The summed E-state index contributed by atoms with van der Waals surface area (Å²) >= 11 is 0. The first-order valence-corrected chi connectivity index (χ1v) is 5.65. The van der Waals surface area contributed by atoms with Gasteiger partial charge in [0.05, 0.1) is 10.5 Å². The number of rotatable bonds is 5. The number of nitro groups is 1. The van der Waals surface area contributed by atoms with Gasteiger partial charge in [0.15, 0.2) is 0 Å². The fraction of sp³-hybridized carbons (Fsp3) is 0.417. The molecule has 7 heteroatoms. The summed E-state index contributed by atoms with van der Waals surface area (Å²) in [6, 6.07) is 2.68. The van der Waals surface area contributed by atoms with Crippen molar-refractivity contribution in [2.75, 3.05) is 6.54 Å². The van der Waals surface area contributed by atoms with Crippen LogP contribution in [-0.4, -0.2) is 28.1 Å². The number of carbonyl (C=O) groups is 1. The van der Waals surface area contributed by atoms with E-state index in [0.29, 0.717) is 0 Å². The molecule has 0 atom stereocenters. The van der Waals surface area contributed by atoms with Gasteiger partial charge in [-0.1, -0.05) is 0 Å². The Morgan fingerprint density at radius 1 is 1.53 bits per heavy atom. The van der Waals surface area contributed by atoms with Gasteiger partial charge in [-0.3, -0.25) is 14.9 Å². The number of nitrogens with one attached hydrogen (secondary N) is 1. The number of hydrogen-bond acceptors (Lipinski definition) is 4. The van der Waals surface area contributed by atoms with Gasteiger partial charge in [0.2, 0.25) is 0 Å². The monoisotopic (exact) mass is 270 g/mol. The molecule has 0 heterocycles. The van der Waals surface area contributed by atoms with Gasteiger partial charge in [-0.15, -0.1) is 0 Å². The van der Waals surface area contributed by atoms with Gasteiger partial charge in [0.25, 0.3) is 11.6 Å². The van der Waals surface area contributed by atoms with Crippen LogP contribution in [0.25, 0.3) is 0 Å². The molecule has 0 fully saturated rings. The lowest BCUT2D eigenvalue weighted by atomic mass is 10.1. The quantitative estimate of drug-likeness (QED) is 0.628. The minimum atomic E-state index is -0.957. The van der Waals surface area contributed by atoms with E-state index in [2.05, 4.69) is 5.32 Å². The van der Waals surface area contributed by atoms with Crippen LogP contribution in [-0.2, 0) is 0 Å². The van der Waals surface area contributed by atoms with E-state index in [0.717, 1.165) is 18.2 Å².